The molecule has 0 aromatic carbocycles. The molecule has 2 aliphatic rings. The molecule has 0 spiro atoms. The fourth-order valence-electron chi connectivity index (χ4n) is 2.87. The number of carbonyl (C=O) groups excluding carboxylic acids is 1. The molecule has 4 heteroatoms. The number of ether oxygens (including phenoxy) is 1. The van der Waals surface area contributed by atoms with Crippen molar-refractivity contribution in [2.24, 2.45) is 17.6 Å². The highest BCUT2D eigenvalue weighted by Gasteiger charge is 2.34. The van der Waals surface area contributed by atoms with Crippen LogP contribution in [0.2, 0.25) is 0 Å². The molecule has 17 heavy (non-hydrogen) atoms. The Bertz CT molecular complexity index is 283. The molecule has 98 valence electrons. The molecule has 4 atom stereocenters. The number of nitrogens with two attached hydrogens (primary N) is 1. The number of hydrogen-bond donors (Lipinski definition) is 1. The van der Waals surface area contributed by atoms with Crippen molar-refractivity contribution in [1.82, 2.24) is 4.90 Å². The summed E-state index contributed by atoms with van der Waals surface area (Å²) in [4.78, 5) is 14.4. The van der Waals surface area contributed by atoms with Gasteiger partial charge in [-0.1, -0.05) is 6.92 Å². The van der Waals surface area contributed by atoms with Crippen LogP contribution in [0.4, 0.5) is 0 Å². The Hall–Kier alpha value is -0.610. The van der Waals surface area contributed by atoms with Crippen molar-refractivity contribution < 1.29 is 9.53 Å². The first kappa shape index (κ1) is 12.8. The van der Waals surface area contributed by atoms with E-state index in [4.69, 9.17) is 10.5 Å². The van der Waals surface area contributed by atoms with Crippen molar-refractivity contribution in [3.63, 3.8) is 0 Å². The molecule has 0 bridgehead atoms. The van der Waals surface area contributed by atoms with Gasteiger partial charge in [-0.3, -0.25) is 4.79 Å². The van der Waals surface area contributed by atoms with Crippen LogP contribution in [0.3, 0.4) is 0 Å². The molecule has 0 radical (unpaired) electrons. The van der Waals surface area contributed by atoms with Crippen molar-refractivity contribution in [2.45, 2.75) is 45.2 Å². The van der Waals surface area contributed by atoms with Gasteiger partial charge in [0.25, 0.3) is 0 Å². The molecule has 0 aromatic rings. The average Bonchev–Trinajstić information content (AvgIpc) is 2.32. The number of nitrogens with zero attached hydrogens (tertiary/aromatic N) is 1. The van der Waals surface area contributed by atoms with E-state index in [1.54, 1.807) is 0 Å². The zero-order valence-electron chi connectivity index (χ0n) is 10.9. The predicted octanol–water partition coefficient (Wildman–Crippen LogP) is 0.997. The second-order valence-electron chi connectivity index (χ2n) is 5.61. The van der Waals surface area contributed by atoms with Crippen LogP contribution in [0.15, 0.2) is 0 Å². The zero-order valence-corrected chi connectivity index (χ0v) is 10.9. The lowest BCUT2D eigenvalue weighted by Crippen LogP contribution is -2.51. The molecule has 1 aliphatic heterocycles. The van der Waals surface area contributed by atoms with Gasteiger partial charge in [-0.2, -0.15) is 0 Å². The molecular weight excluding hydrogens is 216 g/mol. The maximum Gasteiger partial charge on any atom is 0.226 e. The van der Waals surface area contributed by atoms with E-state index in [1.165, 1.54) is 0 Å². The number of amides is 1. The summed E-state index contributed by atoms with van der Waals surface area (Å²) in [5.74, 6) is 0.992. The molecule has 1 amide bonds. The molecule has 4 unspecified atom stereocenters. The largest absolute Gasteiger partial charge is 0.377 e. The predicted molar refractivity (Wildman–Crippen MR) is 66.5 cm³/mol. The number of carbonyl (C=O) groups is 1. The summed E-state index contributed by atoms with van der Waals surface area (Å²) in [6.07, 6.45) is 2.93. The maximum absolute atomic E-state index is 12.4. The van der Waals surface area contributed by atoms with Crippen LogP contribution in [-0.2, 0) is 9.53 Å². The SMILES string of the molecule is CC1CCC(C(=O)N2CCOCC2C)CC1N. The van der Waals surface area contributed by atoms with E-state index in [-0.39, 0.29) is 18.0 Å². The first-order valence-electron chi connectivity index (χ1n) is 6.73. The van der Waals surface area contributed by atoms with Crippen molar-refractivity contribution in [3.8, 4) is 0 Å². The molecule has 1 saturated heterocycles. The third-order valence-electron chi connectivity index (χ3n) is 4.26. The van der Waals surface area contributed by atoms with Gasteiger partial charge < -0.3 is 15.4 Å². The third kappa shape index (κ3) is 2.80. The van der Waals surface area contributed by atoms with Gasteiger partial charge in [0.1, 0.15) is 0 Å². The highest BCUT2D eigenvalue weighted by Crippen LogP contribution is 2.29. The molecule has 2 rings (SSSR count). The molecule has 1 saturated carbocycles. The molecule has 2 fully saturated rings. The maximum atomic E-state index is 12.4. The van der Waals surface area contributed by atoms with Gasteiger partial charge >= 0.3 is 0 Å². The van der Waals surface area contributed by atoms with Crippen LogP contribution in [0.1, 0.15) is 33.1 Å². The van der Waals surface area contributed by atoms with Gasteiger partial charge in [-0.15, -0.1) is 0 Å². The van der Waals surface area contributed by atoms with E-state index in [9.17, 15) is 4.79 Å². The first-order valence-corrected chi connectivity index (χ1v) is 6.73. The number of hydrogen-bond acceptors (Lipinski definition) is 3. The van der Waals surface area contributed by atoms with Crippen LogP contribution in [-0.4, -0.2) is 42.6 Å². The van der Waals surface area contributed by atoms with Gasteiger partial charge in [0, 0.05) is 18.5 Å². The second kappa shape index (κ2) is 5.36. The Balaban J connectivity index is 1.95. The fourth-order valence-corrected chi connectivity index (χ4v) is 2.87. The van der Waals surface area contributed by atoms with E-state index >= 15 is 0 Å². The molecule has 1 aliphatic carbocycles. The summed E-state index contributed by atoms with van der Waals surface area (Å²) in [5.41, 5.74) is 6.08. The van der Waals surface area contributed by atoms with Crippen LogP contribution in [0.25, 0.3) is 0 Å². The molecule has 2 N–H and O–H groups in total. The fraction of sp³-hybridized carbons (Fsp3) is 0.923. The van der Waals surface area contributed by atoms with Crippen molar-refractivity contribution in [1.29, 1.82) is 0 Å². The van der Waals surface area contributed by atoms with Crippen LogP contribution in [0.5, 0.6) is 0 Å². The van der Waals surface area contributed by atoms with Crippen LogP contribution < -0.4 is 5.73 Å². The summed E-state index contributed by atoms with van der Waals surface area (Å²) in [6.45, 7) is 6.32. The number of morpholine rings is 1. The average molecular weight is 240 g/mol. The Morgan fingerprint density at radius 1 is 1.35 bits per heavy atom. The second-order valence-corrected chi connectivity index (χ2v) is 5.61. The Morgan fingerprint density at radius 2 is 2.12 bits per heavy atom. The summed E-state index contributed by atoms with van der Waals surface area (Å²) in [6, 6.07) is 0.404. The van der Waals surface area contributed by atoms with E-state index in [2.05, 4.69) is 13.8 Å². The van der Waals surface area contributed by atoms with Crippen molar-refractivity contribution in [2.75, 3.05) is 19.8 Å². The Labute approximate surface area is 103 Å². The van der Waals surface area contributed by atoms with Gasteiger partial charge in [0.15, 0.2) is 0 Å². The van der Waals surface area contributed by atoms with E-state index < -0.39 is 0 Å². The summed E-state index contributed by atoms with van der Waals surface area (Å²) >= 11 is 0. The standard InChI is InChI=1S/C13H24N2O2/c1-9-3-4-11(7-12(9)14)13(16)15-5-6-17-8-10(15)2/h9-12H,3-8,14H2,1-2H3. The van der Waals surface area contributed by atoms with Crippen LogP contribution >= 0.6 is 0 Å². The molecule has 1 heterocycles. The summed E-state index contributed by atoms with van der Waals surface area (Å²) in [7, 11) is 0. The topological polar surface area (TPSA) is 55.6 Å². The first-order chi connectivity index (χ1) is 8.09. The van der Waals surface area contributed by atoms with Crippen molar-refractivity contribution in [3.05, 3.63) is 0 Å². The highest BCUT2D eigenvalue weighted by atomic mass is 16.5. The van der Waals surface area contributed by atoms with Gasteiger partial charge in [-0.05, 0) is 32.1 Å². The Kier molecular flexibility index (Phi) is 4.05. The minimum Gasteiger partial charge on any atom is -0.377 e. The minimum absolute atomic E-state index is 0.141. The Morgan fingerprint density at radius 3 is 2.76 bits per heavy atom. The quantitative estimate of drug-likeness (QED) is 0.744. The molecule has 4 nitrogen and oxygen atoms in total. The molecular formula is C13H24N2O2. The van der Waals surface area contributed by atoms with E-state index in [0.29, 0.717) is 25.0 Å². The lowest BCUT2D eigenvalue weighted by molar-refractivity contribution is -0.145. The van der Waals surface area contributed by atoms with Crippen LogP contribution in [0, 0.1) is 11.8 Å². The van der Waals surface area contributed by atoms with Gasteiger partial charge in [-0.25, -0.2) is 0 Å². The van der Waals surface area contributed by atoms with Crippen molar-refractivity contribution >= 4 is 5.91 Å². The van der Waals surface area contributed by atoms with E-state index in [0.717, 1.165) is 25.8 Å². The summed E-state index contributed by atoms with van der Waals surface area (Å²) < 4.78 is 5.37. The third-order valence-corrected chi connectivity index (χ3v) is 4.26. The number of rotatable bonds is 1. The van der Waals surface area contributed by atoms with E-state index in [1.807, 2.05) is 4.90 Å². The monoisotopic (exact) mass is 240 g/mol. The van der Waals surface area contributed by atoms with Gasteiger partial charge in [0.2, 0.25) is 5.91 Å². The molecule has 0 aromatic heterocycles. The lowest BCUT2D eigenvalue weighted by Gasteiger charge is -2.38. The minimum atomic E-state index is 0.141. The summed E-state index contributed by atoms with van der Waals surface area (Å²) in [5, 5.41) is 0. The zero-order chi connectivity index (χ0) is 12.4. The smallest absolute Gasteiger partial charge is 0.226 e. The van der Waals surface area contributed by atoms with Gasteiger partial charge in [0.05, 0.1) is 19.3 Å². The normalized spacial score (nSPS) is 39.1. The lowest BCUT2D eigenvalue weighted by atomic mass is 9.79. The highest BCUT2D eigenvalue weighted by molar-refractivity contribution is 5.79.